The van der Waals surface area contributed by atoms with E-state index in [0.717, 1.165) is 11.3 Å². The smallest absolute Gasteiger partial charge is 0.264 e. The van der Waals surface area contributed by atoms with E-state index >= 15 is 0 Å². The molecule has 0 unspecified atom stereocenters. The standard InChI is InChI=1S/C22H22N4O4S/c1-15-14-16(2)24-22(23-15)26-31(28,29)20-11-7-18(8-12-20)25-21(27)13-6-17-4-9-19(30-3)10-5-17/h4-14H,1-3H3,(H,25,27)(H,23,24,26)/b13-6+. The zero-order chi connectivity index (χ0) is 22.4. The molecule has 0 atom stereocenters. The summed E-state index contributed by atoms with van der Waals surface area (Å²) < 4.78 is 32.6. The Morgan fingerprint density at radius 2 is 1.58 bits per heavy atom. The SMILES string of the molecule is COc1ccc(/C=C/C(=O)Nc2ccc(S(=O)(=O)Nc3nc(C)cc(C)n3)cc2)cc1. The van der Waals surface area contributed by atoms with Crippen LogP contribution in [0.2, 0.25) is 0 Å². The second-order valence-corrected chi connectivity index (χ2v) is 8.38. The highest BCUT2D eigenvalue weighted by Crippen LogP contribution is 2.17. The van der Waals surface area contributed by atoms with Gasteiger partial charge in [0, 0.05) is 23.2 Å². The molecule has 1 amide bonds. The van der Waals surface area contributed by atoms with Gasteiger partial charge in [-0.25, -0.2) is 23.1 Å². The number of nitrogens with one attached hydrogen (secondary N) is 2. The minimum atomic E-state index is -3.86. The Kier molecular flexibility index (Phi) is 6.66. The molecule has 0 aliphatic carbocycles. The molecule has 8 nitrogen and oxygen atoms in total. The van der Waals surface area contributed by atoms with Gasteiger partial charge < -0.3 is 10.1 Å². The van der Waals surface area contributed by atoms with E-state index in [1.165, 1.54) is 30.3 Å². The van der Waals surface area contributed by atoms with Gasteiger partial charge in [0.1, 0.15) is 5.75 Å². The van der Waals surface area contributed by atoms with Gasteiger partial charge in [0.25, 0.3) is 10.0 Å². The highest BCUT2D eigenvalue weighted by molar-refractivity contribution is 7.92. The molecular formula is C22H22N4O4S. The zero-order valence-electron chi connectivity index (χ0n) is 17.3. The summed E-state index contributed by atoms with van der Waals surface area (Å²) in [4.78, 5) is 20.3. The zero-order valence-corrected chi connectivity index (χ0v) is 18.1. The number of hydrogen-bond donors (Lipinski definition) is 2. The molecule has 0 fully saturated rings. The van der Waals surface area contributed by atoms with Crippen LogP contribution in [0.5, 0.6) is 5.75 Å². The van der Waals surface area contributed by atoms with Crippen LogP contribution in [-0.2, 0) is 14.8 Å². The van der Waals surface area contributed by atoms with Gasteiger partial charge in [0.15, 0.2) is 0 Å². The van der Waals surface area contributed by atoms with Crippen molar-refractivity contribution in [2.75, 3.05) is 17.1 Å². The lowest BCUT2D eigenvalue weighted by Gasteiger charge is -2.09. The van der Waals surface area contributed by atoms with Crippen molar-refractivity contribution in [1.29, 1.82) is 0 Å². The Morgan fingerprint density at radius 1 is 0.968 bits per heavy atom. The maximum atomic E-state index is 12.6. The lowest BCUT2D eigenvalue weighted by atomic mass is 10.2. The quantitative estimate of drug-likeness (QED) is 0.546. The normalized spacial score (nSPS) is 11.3. The number of anilines is 2. The second kappa shape index (κ2) is 9.40. The van der Waals surface area contributed by atoms with Crippen LogP contribution in [0.25, 0.3) is 6.08 Å². The van der Waals surface area contributed by atoms with Crippen LogP contribution in [0, 0.1) is 13.8 Å². The first-order chi connectivity index (χ1) is 14.7. The molecule has 0 saturated carbocycles. The highest BCUT2D eigenvalue weighted by Gasteiger charge is 2.16. The predicted molar refractivity (Wildman–Crippen MR) is 119 cm³/mol. The minimum Gasteiger partial charge on any atom is -0.497 e. The van der Waals surface area contributed by atoms with Gasteiger partial charge in [0.2, 0.25) is 11.9 Å². The van der Waals surface area contributed by atoms with Crippen LogP contribution in [-0.4, -0.2) is 31.4 Å². The van der Waals surface area contributed by atoms with Crippen molar-refractivity contribution >= 4 is 33.6 Å². The maximum absolute atomic E-state index is 12.6. The number of rotatable bonds is 7. The first-order valence-corrected chi connectivity index (χ1v) is 10.8. The van der Waals surface area contributed by atoms with Gasteiger partial charge in [-0.1, -0.05) is 12.1 Å². The Balaban J connectivity index is 1.64. The van der Waals surface area contributed by atoms with E-state index < -0.39 is 10.0 Å². The van der Waals surface area contributed by atoms with Crippen LogP contribution >= 0.6 is 0 Å². The minimum absolute atomic E-state index is 0.0125. The van der Waals surface area contributed by atoms with Crippen LogP contribution in [0.15, 0.2) is 65.6 Å². The largest absolute Gasteiger partial charge is 0.497 e. The van der Waals surface area contributed by atoms with E-state index in [0.29, 0.717) is 17.1 Å². The van der Waals surface area contributed by atoms with Crippen LogP contribution in [0.3, 0.4) is 0 Å². The Bertz CT molecular complexity index is 1190. The van der Waals surface area contributed by atoms with Crippen molar-refractivity contribution < 1.29 is 17.9 Å². The van der Waals surface area contributed by atoms with E-state index in [1.807, 2.05) is 12.1 Å². The highest BCUT2D eigenvalue weighted by atomic mass is 32.2. The average Bonchev–Trinajstić information content (AvgIpc) is 2.72. The molecule has 1 aromatic heterocycles. The van der Waals surface area contributed by atoms with Crippen LogP contribution < -0.4 is 14.8 Å². The van der Waals surface area contributed by atoms with Crippen molar-refractivity contribution in [1.82, 2.24) is 9.97 Å². The summed E-state index contributed by atoms with van der Waals surface area (Å²) in [6, 6.07) is 14.8. The summed E-state index contributed by atoms with van der Waals surface area (Å²) in [6.07, 6.45) is 3.06. The van der Waals surface area contributed by atoms with Crippen molar-refractivity contribution in [3.05, 3.63) is 77.6 Å². The molecule has 2 N–H and O–H groups in total. The monoisotopic (exact) mass is 438 g/mol. The molecule has 0 radical (unpaired) electrons. The van der Waals surface area contributed by atoms with Crippen molar-refractivity contribution in [3.63, 3.8) is 0 Å². The number of amides is 1. The predicted octanol–water partition coefficient (Wildman–Crippen LogP) is 3.55. The van der Waals surface area contributed by atoms with Gasteiger partial charge in [0.05, 0.1) is 12.0 Å². The lowest BCUT2D eigenvalue weighted by molar-refractivity contribution is -0.111. The number of aromatic nitrogens is 2. The molecular weight excluding hydrogens is 416 g/mol. The summed E-state index contributed by atoms with van der Waals surface area (Å²) in [6.45, 7) is 3.51. The third-order valence-electron chi connectivity index (χ3n) is 4.18. The summed E-state index contributed by atoms with van der Waals surface area (Å²) in [5.41, 5.74) is 2.62. The number of methoxy groups -OCH3 is 1. The van der Waals surface area contributed by atoms with Gasteiger partial charge in [-0.05, 0) is 68.0 Å². The number of benzene rings is 2. The second-order valence-electron chi connectivity index (χ2n) is 6.70. The topological polar surface area (TPSA) is 110 Å². The van der Waals surface area contributed by atoms with Gasteiger partial charge >= 0.3 is 0 Å². The number of hydrogen-bond acceptors (Lipinski definition) is 6. The summed E-state index contributed by atoms with van der Waals surface area (Å²) >= 11 is 0. The Labute approximate surface area is 181 Å². The third kappa shape index (κ3) is 6.13. The fourth-order valence-corrected chi connectivity index (χ4v) is 3.68. The number of carbonyl (C=O) groups is 1. The molecule has 31 heavy (non-hydrogen) atoms. The van der Waals surface area contributed by atoms with Gasteiger partial charge in [-0.15, -0.1) is 0 Å². The van der Waals surface area contributed by atoms with Crippen LogP contribution in [0.1, 0.15) is 17.0 Å². The lowest BCUT2D eigenvalue weighted by Crippen LogP contribution is -2.16. The molecule has 3 rings (SSSR count). The molecule has 3 aromatic rings. The van der Waals surface area contributed by atoms with Gasteiger partial charge in [-0.2, -0.15) is 0 Å². The number of ether oxygens (including phenoxy) is 1. The van der Waals surface area contributed by atoms with Crippen LogP contribution in [0.4, 0.5) is 11.6 Å². The molecule has 0 aliphatic heterocycles. The fraction of sp³-hybridized carbons (Fsp3) is 0.136. The summed E-state index contributed by atoms with van der Waals surface area (Å²) in [5, 5.41) is 2.69. The first kappa shape index (κ1) is 22.0. The first-order valence-electron chi connectivity index (χ1n) is 9.33. The fourth-order valence-electron chi connectivity index (χ4n) is 2.74. The molecule has 1 heterocycles. The molecule has 0 aliphatic rings. The van der Waals surface area contributed by atoms with E-state index in [9.17, 15) is 13.2 Å². The van der Waals surface area contributed by atoms with Gasteiger partial charge in [-0.3, -0.25) is 4.79 Å². The third-order valence-corrected chi connectivity index (χ3v) is 5.53. The Morgan fingerprint density at radius 3 is 2.16 bits per heavy atom. The molecule has 0 spiro atoms. The molecule has 0 bridgehead atoms. The number of sulfonamides is 1. The van der Waals surface area contributed by atoms with E-state index in [1.54, 1.807) is 45.2 Å². The number of aryl methyl sites for hydroxylation is 2. The molecule has 160 valence electrons. The number of nitrogens with zero attached hydrogens (tertiary/aromatic N) is 2. The number of carbonyl (C=O) groups excluding carboxylic acids is 1. The van der Waals surface area contributed by atoms with E-state index in [2.05, 4.69) is 20.0 Å². The molecule has 9 heteroatoms. The van der Waals surface area contributed by atoms with Crippen molar-refractivity contribution in [2.24, 2.45) is 0 Å². The van der Waals surface area contributed by atoms with Crippen molar-refractivity contribution in [2.45, 2.75) is 18.7 Å². The summed E-state index contributed by atoms with van der Waals surface area (Å²) in [5.74, 6) is 0.405. The summed E-state index contributed by atoms with van der Waals surface area (Å²) in [7, 11) is -2.27. The average molecular weight is 439 g/mol. The molecule has 2 aromatic carbocycles. The maximum Gasteiger partial charge on any atom is 0.264 e. The Hall–Kier alpha value is -3.72. The van der Waals surface area contributed by atoms with Crippen molar-refractivity contribution in [3.8, 4) is 5.75 Å². The molecule has 0 saturated heterocycles. The van der Waals surface area contributed by atoms with E-state index in [4.69, 9.17) is 4.74 Å². The van der Waals surface area contributed by atoms with E-state index in [-0.39, 0.29) is 16.8 Å².